The number of carbonyl (C=O) groups excluding carboxylic acids is 1. The third-order valence-corrected chi connectivity index (χ3v) is 5.10. The molecule has 0 fully saturated rings. The Balaban J connectivity index is 1.89. The Bertz CT molecular complexity index is 683. The number of hydrogen-bond donors (Lipinski definition) is 0. The predicted molar refractivity (Wildman–Crippen MR) is 90.5 cm³/mol. The third-order valence-electron chi connectivity index (χ3n) is 3.23. The Morgan fingerprint density at radius 3 is 2.50 bits per heavy atom. The van der Waals surface area contributed by atoms with Crippen molar-refractivity contribution in [1.29, 1.82) is 0 Å². The van der Waals surface area contributed by atoms with Crippen LogP contribution < -0.4 is 0 Å². The summed E-state index contributed by atoms with van der Waals surface area (Å²) >= 11 is 3.20. The molecule has 0 aliphatic heterocycles. The number of carbonyl (C=O) groups is 1. The fourth-order valence-corrected chi connectivity index (χ4v) is 3.45. The lowest BCUT2D eigenvalue weighted by Gasteiger charge is -2.18. The van der Waals surface area contributed by atoms with Gasteiger partial charge in [0.1, 0.15) is 0 Å². The van der Waals surface area contributed by atoms with E-state index in [0.29, 0.717) is 5.56 Å². The van der Waals surface area contributed by atoms with Gasteiger partial charge in [0.15, 0.2) is 0 Å². The topological polar surface area (TPSA) is 33.2 Å². The van der Waals surface area contributed by atoms with Gasteiger partial charge in [0.2, 0.25) is 0 Å². The zero-order valence-corrected chi connectivity index (χ0v) is 14.9. The van der Waals surface area contributed by atoms with E-state index in [0.717, 1.165) is 26.2 Å². The monoisotopic (exact) mass is 374 g/mol. The molecule has 0 unspecified atom stereocenters. The summed E-state index contributed by atoms with van der Waals surface area (Å²) in [7, 11) is 1.38. The van der Waals surface area contributed by atoms with E-state index >= 15 is 0 Å². The summed E-state index contributed by atoms with van der Waals surface area (Å²) in [4.78, 5) is 18.6. The highest BCUT2D eigenvalue weighted by Gasteiger charge is 2.28. The molecule has 0 atom stereocenters. The summed E-state index contributed by atoms with van der Waals surface area (Å²) in [5.74, 6) is 0.328. The molecule has 0 spiro atoms. The number of rotatable bonds is 6. The Labute approximate surface area is 146 Å². The average Bonchev–Trinajstić information content (AvgIpc) is 2.95. The van der Waals surface area contributed by atoms with Gasteiger partial charge in [0, 0.05) is 35.2 Å². The Kier molecular flexibility index (Phi) is 6.28. The van der Waals surface area contributed by atoms with Crippen LogP contribution in [-0.2, 0) is 5.75 Å². The number of aromatic nitrogens is 1. The van der Waals surface area contributed by atoms with Crippen LogP contribution in [0.1, 0.15) is 27.5 Å². The van der Waals surface area contributed by atoms with Gasteiger partial charge in [0.25, 0.3) is 5.91 Å². The molecule has 2 rings (SSSR count). The summed E-state index contributed by atoms with van der Waals surface area (Å²) in [6.07, 6.45) is -5.26. The molecular formula is C16H17F3N2OS2. The highest BCUT2D eigenvalue weighted by molar-refractivity contribution is 7.98. The number of hydrogen-bond acceptors (Lipinski definition) is 4. The normalized spacial score (nSPS) is 11.5. The molecule has 0 radical (unpaired) electrons. The fraction of sp³-hybridized carbons (Fsp3) is 0.375. The van der Waals surface area contributed by atoms with Crippen molar-refractivity contribution in [3.63, 3.8) is 0 Å². The highest BCUT2D eigenvalue weighted by Crippen LogP contribution is 2.24. The number of halogens is 3. The van der Waals surface area contributed by atoms with E-state index in [2.05, 4.69) is 4.98 Å². The lowest BCUT2D eigenvalue weighted by molar-refractivity contribution is -0.136. The average molecular weight is 374 g/mol. The van der Waals surface area contributed by atoms with Crippen LogP contribution in [0.25, 0.3) is 0 Å². The zero-order chi connectivity index (χ0) is 17.7. The van der Waals surface area contributed by atoms with Crippen LogP contribution in [0.3, 0.4) is 0 Å². The molecule has 0 saturated heterocycles. The van der Waals surface area contributed by atoms with Gasteiger partial charge in [-0.25, -0.2) is 4.98 Å². The number of alkyl halides is 3. The minimum absolute atomic E-state index is 0.345. The summed E-state index contributed by atoms with van der Waals surface area (Å²) < 4.78 is 36.6. The van der Waals surface area contributed by atoms with Crippen LogP contribution >= 0.6 is 23.1 Å². The molecule has 1 heterocycles. The zero-order valence-electron chi connectivity index (χ0n) is 13.3. The number of aryl methyl sites for hydroxylation is 1. The minimum atomic E-state index is -4.26. The fourth-order valence-electron chi connectivity index (χ4n) is 1.94. The SMILES string of the molecule is Cc1nc(CSc2ccc(C(=O)N(C)CCC(F)(F)F)cc2)cs1. The van der Waals surface area contributed by atoms with E-state index < -0.39 is 18.5 Å². The number of thioether (sulfide) groups is 1. The Hall–Kier alpha value is -1.54. The molecule has 2 aromatic rings. The predicted octanol–water partition coefficient (Wildman–Crippen LogP) is 4.77. The first kappa shape index (κ1) is 18.8. The van der Waals surface area contributed by atoms with Gasteiger partial charge in [-0.05, 0) is 31.2 Å². The van der Waals surface area contributed by atoms with Crippen molar-refractivity contribution in [2.75, 3.05) is 13.6 Å². The van der Waals surface area contributed by atoms with Crippen molar-refractivity contribution in [2.24, 2.45) is 0 Å². The second kappa shape index (κ2) is 8.02. The quantitative estimate of drug-likeness (QED) is 0.683. The summed E-state index contributed by atoms with van der Waals surface area (Å²) in [5.41, 5.74) is 1.39. The van der Waals surface area contributed by atoms with E-state index in [1.54, 1.807) is 47.4 Å². The molecule has 0 saturated carbocycles. The molecule has 0 aliphatic carbocycles. The van der Waals surface area contributed by atoms with Gasteiger partial charge < -0.3 is 4.90 Å². The molecule has 24 heavy (non-hydrogen) atoms. The van der Waals surface area contributed by atoms with Crippen LogP contribution in [-0.4, -0.2) is 35.6 Å². The largest absolute Gasteiger partial charge is 0.390 e. The first-order valence-corrected chi connectivity index (χ1v) is 9.07. The Morgan fingerprint density at radius 1 is 1.29 bits per heavy atom. The van der Waals surface area contributed by atoms with E-state index in [-0.39, 0.29) is 6.54 Å². The molecule has 8 heteroatoms. The molecule has 0 N–H and O–H groups in total. The summed E-state index contributed by atoms with van der Waals surface area (Å²) in [6, 6.07) is 6.88. The van der Waals surface area contributed by atoms with E-state index in [1.165, 1.54) is 7.05 Å². The number of nitrogens with zero attached hydrogens (tertiary/aromatic N) is 2. The first-order valence-electron chi connectivity index (χ1n) is 7.21. The van der Waals surface area contributed by atoms with Crippen LogP contribution in [0.4, 0.5) is 13.2 Å². The van der Waals surface area contributed by atoms with Gasteiger partial charge in [-0.15, -0.1) is 23.1 Å². The maximum absolute atomic E-state index is 12.2. The highest BCUT2D eigenvalue weighted by atomic mass is 32.2. The van der Waals surface area contributed by atoms with E-state index in [4.69, 9.17) is 0 Å². The molecule has 1 amide bonds. The van der Waals surface area contributed by atoms with Crippen molar-refractivity contribution in [3.05, 3.63) is 45.9 Å². The molecule has 130 valence electrons. The van der Waals surface area contributed by atoms with E-state index in [9.17, 15) is 18.0 Å². The van der Waals surface area contributed by atoms with Crippen LogP contribution in [0.5, 0.6) is 0 Å². The van der Waals surface area contributed by atoms with Crippen molar-refractivity contribution in [2.45, 2.75) is 30.2 Å². The van der Waals surface area contributed by atoms with Crippen LogP contribution in [0, 0.1) is 6.92 Å². The minimum Gasteiger partial charge on any atom is -0.341 e. The van der Waals surface area contributed by atoms with Gasteiger partial charge in [-0.2, -0.15) is 13.2 Å². The summed E-state index contributed by atoms with van der Waals surface area (Å²) in [5, 5.41) is 3.03. The van der Waals surface area contributed by atoms with Gasteiger partial charge in [0.05, 0.1) is 17.1 Å². The standard InChI is InChI=1S/C16H17F3N2OS2/c1-11-20-13(9-23-11)10-24-14-5-3-12(4-6-14)15(22)21(2)8-7-16(17,18)19/h3-6,9H,7-8,10H2,1-2H3. The van der Waals surface area contributed by atoms with Crippen molar-refractivity contribution in [1.82, 2.24) is 9.88 Å². The lowest BCUT2D eigenvalue weighted by atomic mass is 10.2. The maximum Gasteiger partial charge on any atom is 0.390 e. The second-order valence-electron chi connectivity index (χ2n) is 5.26. The number of amides is 1. The Morgan fingerprint density at radius 2 is 1.96 bits per heavy atom. The van der Waals surface area contributed by atoms with Gasteiger partial charge in [-0.3, -0.25) is 4.79 Å². The van der Waals surface area contributed by atoms with Gasteiger partial charge >= 0.3 is 6.18 Å². The van der Waals surface area contributed by atoms with Crippen molar-refractivity contribution < 1.29 is 18.0 Å². The summed E-state index contributed by atoms with van der Waals surface area (Å²) in [6.45, 7) is 1.61. The molecule has 0 bridgehead atoms. The lowest BCUT2D eigenvalue weighted by Crippen LogP contribution is -2.30. The van der Waals surface area contributed by atoms with Crippen molar-refractivity contribution >= 4 is 29.0 Å². The number of benzene rings is 1. The first-order chi connectivity index (χ1) is 11.2. The molecule has 1 aromatic carbocycles. The smallest absolute Gasteiger partial charge is 0.341 e. The number of thiazole rings is 1. The molecule has 1 aromatic heterocycles. The molecular weight excluding hydrogens is 357 g/mol. The van der Waals surface area contributed by atoms with Crippen LogP contribution in [0.15, 0.2) is 34.5 Å². The van der Waals surface area contributed by atoms with Crippen molar-refractivity contribution in [3.8, 4) is 0 Å². The van der Waals surface area contributed by atoms with Crippen LogP contribution in [0.2, 0.25) is 0 Å². The van der Waals surface area contributed by atoms with E-state index in [1.807, 2.05) is 12.3 Å². The van der Waals surface area contributed by atoms with Gasteiger partial charge in [-0.1, -0.05) is 0 Å². The maximum atomic E-state index is 12.2. The molecule has 3 nitrogen and oxygen atoms in total. The third kappa shape index (κ3) is 5.83. The second-order valence-corrected chi connectivity index (χ2v) is 7.37. The molecule has 0 aliphatic rings.